The van der Waals surface area contributed by atoms with Gasteiger partial charge in [-0.25, -0.2) is 0 Å². The van der Waals surface area contributed by atoms with Crippen molar-refractivity contribution >= 4 is 40.5 Å². The number of nitrogens with zero attached hydrogens (tertiary/aromatic N) is 2. The van der Waals surface area contributed by atoms with Gasteiger partial charge in [-0.1, -0.05) is 16.8 Å². The molecule has 0 radical (unpaired) electrons. The molecule has 1 saturated heterocycles. The zero-order chi connectivity index (χ0) is 13.9. The lowest BCUT2D eigenvalue weighted by molar-refractivity contribution is 0.211. The molecular weight excluding hydrogens is 302 g/mol. The van der Waals surface area contributed by atoms with Crippen LogP contribution in [0.1, 0.15) is 17.7 Å². The fraction of sp³-hybridized carbons (Fsp3) is 0.583. The molecule has 0 spiro atoms. The molecule has 1 aliphatic heterocycles. The highest BCUT2D eigenvalue weighted by atomic mass is 35.5. The number of likely N-dealkylation sites (tertiary alicyclic amines) is 1. The lowest BCUT2D eigenvalue weighted by Crippen LogP contribution is -2.49. The molecule has 0 bridgehead atoms. The molecule has 1 aliphatic rings. The van der Waals surface area contributed by atoms with Gasteiger partial charge in [-0.05, 0) is 31.2 Å². The first-order chi connectivity index (χ1) is 9.09. The van der Waals surface area contributed by atoms with Crippen molar-refractivity contribution in [3.63, 3.8) is 0 Å². The number of hydrogen-bond donors (Lipinski definition) is 2. The summed E-state index contributed by atoms with van der Waals surface area (Å²) in [6.07, 6.45) is 3.83. The Bertz CT molecular complexity index is 456. The van der Waals surface area contributed by atoms with Crippen molar-refractivity contribution in [2.45, 2.75) is 24.1 Å². The molecule has 1 aromatic heterocycles. The van der Waals surface area contributed by atoms with E-state index in [0.717, 1.165) is 36.8 Å². The molecule has 19 heavy (non-hydrogen) atoms. The van der Waals surface area contributed by atoms with Gasteiger partial charge in [0, 0.05) is 24.5 Å². The average molecular weight is 320 g/mol. The molecule has 2 rings (SSSR count). The number of hydrogen-bond acceptors (Lipinski definition) is 5. The second kappa shape index (κ2) is 6.35. The van der Waals surface area contributed by atoms with Gasteiger partial charge in [0.1, 0.15) is 0 Å². The number of amidine groups is 1. The van der Waals surface area contributed by atoms with Crippen LogP contribution in [-0.2, 0) is 6.54 Å². The Morgan fingerprint density at radius 1 is 1.58 bits per heavy atom. The van der Waals surface area contributed by atoms with Gasteiger partial charge in [0.15, 0.2) is 5.84 Å². The highest BCUT2D eigenvalue weighted by Crippen LogP contribution is 2.35. The maximum Gasteiger partial charge on any atom is 0.155 e. The molecule has 1 aromatic rings. The SMILES string of the molecule is CSC1(C(N)=NO)CCN(Cc2ccc(Cl)s2)CC1. The van der Waals surface area contributed by atoms with Crippen LogP contribution in [0, 0.1) is 0 Å². The summed E-state index contributed by atoms with van der Waals surface area (Å²) in [5, 5.41) is 12.1. The first-order valence-corrected chi connectivity index (χ1v) is 8.51. The maximum atomic E-state index is 8.91. The molecule has 7 heteroatoms. The molecule has 0 aliphatic carbocycles. The molecule has 0 aromatic carbocycles. The van der Waals surface area contributed by atoms with E-state index in [2.05, 4.69) is 16.1 Å². The Balaban J connectivity index is 1.95. The molecule has 2 heterocycles. The van der Waals surface area contributed by atoms with Gasteiger partial charge >= 0.3 is 0 Å². The topological polar surface area (TPSA) is 61.9 Å². The van der Waals surface area contributed by atoms with Gasteiger partial charge in [0.2, 0.25) is 0 Å². The molecular formula is C12H18ClN3OS2. The summed E-state index contributed by atoms with van der Waals surface area (Å²) in [5.41, 5.74) is 5.84. The molecule has 1 fully saturated rings. The van der Waals surface area contributed by atoms with Crippen LogP contribution in [-0.4, -0.2) is 40.0 Å². The van der Waals surface area contributed by atoms with Gasteiger partial charge in [-0.2, -0.15) is 11.8 Å². The number of oxime groups is 1. The third kappa shape index (κ3) is 3.37. The molecule has 106 valence electrons. The van der Waals surface area contributed by atoms with Gasteiger partial charge in [-0.3, -0.25) is 4.90 Å². The van der Waals surface area contributed by atoms with E-state index in [9.17, 15) is 0 Å². The fourth-order valence-corrected chi connectivity index (χ4v) is 4.36. The molecule has 0 atom stereocenters. The van der Waals surface area contributed by atoms with E-state index in [-0.39, 0.29) is 4.75 Å². The highest BCUT2D eigenvalue weighted by Gasteiger charge is 2.38. The van der Waals surface area contributed by atoms with Crippen LogP contribution in [0.4, 0.5) is 0 Å². The smallest absolute Gasteiger partial charge is 0.155 e. The Labute approximate surface area is 126 Å². The number of thiophene rings is 1. The molecule has 4 nitrogen and oxygen atoms in total. The zero-order valence-electron chi connectivity index (χ0n) is 10.8. The van der Waals surface area contributed by atoms with Crippen molar-refractivity contribution in [1.29, 1.82) is 0 Å². The van der Waals surface area contributed by atoms with Crippen molar-refractivity contribution in [2.75, 3.05) is 19.3 Å². The van der Waals surface area contributed by atoms with Crippen LogP contribution in [0.3, 0.4) is 0 Å². The average Bonchev–Trinajstić information content (AvgIpc) is 2.84. The predicted molar refractivity (Wildman–Crippen MR) is 83.5 cm³/mol. The van der Waals surface area contributed by atoms with Gasteiger partial charge in [0.25, 0.3) is 0 Å². The van der Waals surface area contributed by atoms with E-state index < -0.39 is 0 Å². The fourth-order valence-electron chi connectivity index (χ4n) is 2.39. The quantitative estimate of drug-likeness (QED) is 0.388. The van der Waals surface area contributed by atoms with E-state index in [4.69, 9.17) is 22.5 Å². The second-order valence-electron chi connectivity index (χ2n) is 4.67. The Morgan fingerprint density at radius 3 is 2.74 bits per heavy atom. The summed E-state index contributed by atoms with van der Waals surface area (Å²) in [5.74, 6) is 0.346. The molecule has 0 amide bonds. The monoisotopic (exact) mass is 319 g/mol. The molecule has 0 saturated carbocycles. The summed E-state index contributed by atoms with van der Waals surface area (Å²) in [6.45, 7) is 2.83. The first-order valence-electron chi connectivity index (χ1n) is 6.09. The third-order valence-electron chi connectivity index (χ3n) is 3.64. The van der Waals surface area contributed by atoms with Crippen molar-refractivity contribution in [3.05, 3.63) is 21.3 Å². The predicted octanol–water partition coefficient (Wildman–Crippen LogP) is 2.85. The highest BCUT2D eigenvalue weighted by molar-refractivity contribution is 8.00. The number of rotatable bonds is 4. The van der Waals surface area contributed by atoms with Crippen LogP contribution in [0.15, 0.2) is 17.3 Å². The van der Waals surface area contributed by atoms with Crippen LogP contribution >= 0.6 is 34.7 Å². The van der Waals surface area contributed by atoms with Gasteiger partial charge in [0.05, 0.1) is 9.08 Å². The summed E-state index contributed by atoms with van der Waals surface area (Å²) >= 11 is 9.25. The van der Waals surface area contributed by atoms with E-state index >= 15 is 0 Å². The summed E-state index contributed by atoms with van der Waals surface area (Å²) < 4.78 is 0.625. The minimum atomic E-state index is -0.210. The minimum Gasteiger partial charge on any atom is -0.409 e. The lowest BCUT2D eigenvalue weighted by atomic mass is 9.94. The first kappa shape index (κ1) is 15.0. The van der Waals surface area contributed by atoms with Crippen molar-refractivity contribution in [3.8, 4) is 0 Å². The molecule has 0 unspecified atom stereocenters. The summed E-state index contributed by atoms with van der Waals surface area (Å²) in [4.78, 5) is 3.67. The Hall–Kier alpha value is -0.430. The third-order valence-corrected chi connectivity index (χ3v) is 6.25. The van der Waals surface area contributed by atoms with Crippen LogP contribution in [0.5, 0.6) is 0 Å². The van der Waals surface area contributed by atoms with Crippen LogP contribution < -0.4 is 5.73 Å². The van der Waals surface area contributed by atoms with E-state index in [1.54, 1.807) is 23.1 Å². The Morgan fingerprint density at radius 2 is 2.26 bits per heavy atom. The number of piperidine rings is 1. The maximum absolute atomic E-state index is 8.91. The number of halogens is 1. The lowest BCUT2D eigenvalue weighted by Gasteiger charge is -2.39. The van der Waals surface area contributed by atoms with Crippen molar-refractivity contribution < 1.29 is 5.21 Å². The second-order valence-corrected chi connectivity index (χ2v) is 7.65. The van der Waals surface area contributed by atoms with Gasteiger partial charge in [-0.15, -0.1) is 11.3 Å². The largest absolute Gasteiger partial charge is 0.409 e. The Kier molecular flexibility index (Phi) is 5.00. The van der Waals surface area contributed by atoms with E-state index in [0.29, 0.717) is 5.84 Å². The van der Waals surface area contributed by atoms with Gasteiger partial charge < -0.3 is 10.9 Å². The van der Waals surface area contributed by atoms with E-state index in [1.165, 1.54) is 4.88 Å². The van der Waals surface area contributed by atoms with E-state index in [1.807, 2.05) is 12.3 Å². The minimum absolute atomic E-state index is 0.210. The number of thioether (sulfide) groups is 1. The standard InChI is InChI=1S/C12H18ClN3OS2/c1-18-12(11(14)15-17)4-6-16(7-5-12)8-9-2-3-10(13)19-9/h2-3,17H,4-8H2,1H3,(H2,14,15). The summed E-state index contributed by atoms with van der Waals surface area (Å²) in [7, 11) is 0. The van der Waals surface area contributed by atoms with Crippen LogP contribution in [0.25, 0.3) is 0 Å². The zero-order valence-corrected chi connectivity index (χ0v) is 13.2. The van der Waals surface area contributed by atoms with Crippen LogP contribution in [0.2, 0.25) is 4.34 Å². The van der Waals surface area contributed by atoms with Crippen molar-refractivity contribution in [1.82, 2.24) is 4.90 Å². The number of nitrogens with two attached hydrogens (primary N) is 1. The van der Waals surface area contributed by atoms with Crippen molar-refractivity contribution in [2.24, 2.45) is 10.9 Å². The summed E-state index contributed by atoms with van der Waals surface area (Å²) in [6, 6.07) is 4.01. The molecule has 3 N–H and O–H groups in total. The normalized spacial score (nSPS) is 20.6.